The number of H-pyrrole nitrogens is 1. The monoisotopic (exact) mass is 304 g/mol. The summed E-state index contributed by atoms with van der Waals surface area (Å²) >= 11 is 0. The maximum Gasteiger partial charge on any atom is 0.267 e. The molecule has 0 aliphatic heterocycles. The Morgan fingerprint density at radius 3 is 2.64 bits per heavy atom. The molecule has 0 radical (unpaired) electrons. The van der Waals surface area contributed by atoms with Crippen molar-refractivity contribution < 1.29 is 14.0 Å². The number of carbonyl (C=O) groups is 2. The zero-order chi connectivity index (χ0) is 16.4. The Balaban J connectivity index is 2.58. The van der Waals surface area contributed by atoms with Gasteiger partial charge in [0.05, 0.1) is 0 Å². The van der Waals surface area contributed by atoms with E-state index in [0.717, 1.165) is 10.9 Å². The summed E-state index contributed by atoms with van der Waals surface area (Å²) in [6.45, 7) is 5.24. The van der Waals surface area contributed by atoms with E-state index in [4.69, 9.17) is 0 Å². The maximum atomic E-state index is 13.8. The smallest absolute Gasteiger partial charge is 0.267 e. The van der Waals surface area contributed by atoms with E-state index < -0.39 is 0 Å². The van der Waals surface area contributed by atoms with Crippen LogP contribution in [0.3, 0.4) is 0 Å². The predicted octanol–water partition coefficient (Wildman–Crippen LogP) is 3.45. The number of halogens is 1. The van der Waals surface area contributed by atoms with Crippen LogP contribution in [0.5, 0.6) is 0 Å². The first-order chi connectivity index (χ1) is 10.3. The van der Waals surface area contributed by atoms with Gasteiger partial charge < -0.3 is 15.1 Å². The quantitative estimate of drug-likeness (QED) is 0.888. The molecule has 0 aliphatic carbocycles. The largest absolute Gasteiger partial charge is 0.354 e. The van der Waals surface area contributed by atoms with Gasteiger partial charge in [0.2, 0.25) is 0 Å². The zero-order valence-corrected chi connectivity index (χ0v) is 13.3. The van der Waals surface area contributed by atoms with E-state index >= 15 is 0 Å². The molecule has 0 saturated carbocycles. The van der Waals surface area contributed by atoms with Crippen LogP contribution in [-0.4, -0.2) is 23.7 Å². The molecule has 1 amide bonds. The Labute approximate surface area is 129 Å². The molecule has 2 aromatic rings. The minimum absolute atomic E-state index is 0.0230. The van der Waals surface area contributed by atoms with Crippen molar-refractivity contribution in [1.82, 2.24) is 10.3 Å². The van der Waals surface area contributed by atoms with Crippen LogP contribution in [-0.2, 0) is 4.79 Å². The van der Waals surface area contributed by atoms with Gasteiger partial charge in [-0.15, -0.1) is 0 Å². The van der Waals surface area contributed by atoms with Crippen LogP contribution in [0.1, 0.15) is 54.2 Å². The zero-order valence-electron chi connectivity index (χ0n) is 13.3. The van der Waals surface area contributed by atoms with E-state index in [9.17, 15) is 14.0 Å². The number of hydrogen-bond acceptors (Lipinski definition) is 2. The average Bonchev–Trinajstić information content (AvgIpc) is 2.82. The van der Waals surface area contributed by atoms with Crippen molar-refractivity contribution in [2.45, 2.75) is 39.5 Å². The summed E-state index contributed by atoms with van der Waals surface area (Å²) in [5.41, 5.74) is 2.43. The topological polar surface area (TPSA) is 62.0 Å². The number of aromatic amines is 1. The number of fused-ring (bicyclic) bond motifs is 1. The minimum atomic E-state index is -0.305. The molecule has 1 heterocycles. The van der Waals surface area contributed by atoms with Crippen molar-refractivity contribution in [3.8, 4) is 0 Å². The molecule has 0 aliphatic rings. The number of nitrogens with one attached hydrogen (secondary N) is 2. The minimum Gasteiger partial charge on any atom is -0.354 e. The van der Waals surface area contributed by atoms with Crippen LogP contribution in [0.2, 0.25) is 0 Å². The van der Waals surface area contributed by atoms with Gasteiger partial charge in [0.15, 0.2) is 0 Å². The standard InChI is InChI=1S/C17H21FN2O2/c1-9(5-6-11(3)21)15-12-7-10(2)13(18)8-14(12)20-16(15)17(22)19-4/h7-9,20H,5-6H2,1-4H3,(H,19,22)/t9-/m1/s1. The van der Waals surface area contributed by atoms with Crippen LogP contribution in [0.4, 0.5) is 4.39 Å². The highest BCUT2D eigenvalue weighted by molar-refractivity contribution is 6.01. The first-order valence-corrected chi connectivity index (χ1v) is 7.38. The number of ketones is 1. The SMILES string of the molecule is CNC(=O)c1[nH]c2cc(F)c(C)cc2c1[C@H](C)CCC(C)=O. The van der Waals surface area contributed by atoms with Crippen LogP contribution >= 0.6 is 0 Å². The van der Waals surface area contributed by atoms with E-state index in [1.807, 2.05) is 6.92 Å². The Morgan fingerprint density at radius 1 is 1.36 bits per heavy atom. The molecule has 2 N–H and O–H groups in total. The number of Topliss-reactive ketones (excluding diaryl/α,β-unsaturated/α-hetero) is 1. The lowest BCUT2D eigenvalue weighted by Gasteiger charge is -2.12. The van der Waals surface area contributed by atoms with Gasteiger partial charge in [-0.1, -0.05) is 6.92 Å². The van der Waals surface area contributed by atoms with Gasteiger partial charge in [0, 0.05) is 24.4 Å². The van der Waals surface area contributed by atoms with Crippen molar-refractivity contribution in [3.63, 3.8) is 0 Å². The molecule has 0 unspecified atom stereocenters. The first kappa shape index (κ1) is 16.2. The number of hydrogen-bond donors (Lipinski definition) is 2. The number of benzene rings is 1. The fraction of sp³-hybridized carbons (Fsp3) is 0.412. The summed E-state index contributed by atoms with van der Waals surface area (Å²) in [4.78, 5) is 26.3. The molecule has 1 aromatic heterocycles. The van der Waals surface area contributed by atoms with Crippen molar-refractivity contribution in [2.24, 2.45) is 0 Å². The molecule has 5 heteroatoms. The summed E-state index contributed by atoms with van der Waals surface area (Å²) in [6, 6.07) is 3.17. The van der Waals surface area contributed by atoms with Gasteiger partial charge in [-0.25, -0.2) is 4.39 Å². The van der Waals surface area contributed by atoms with Gasteiger partial charge >= 0.3 is 0 Å². The molecule has 0 spiro atoms. The fourth-order valence-electron chi connectivity index (χ4n) is 2.72. The average molecular weight is 304 g/mol. The van der Waals surface area contributed by atoms with Crippen molar-refractivity contribution in [2.75, 3.05) is 7.05 Å². The lowest BCUT2D eigenvalue weighted by atomic mass is 9.92. The second-order valence-corrected chi connectivity index (χ2v) is 5.78. The number of carbonyl (C=O) groups excluding carboxylic acids is 2. The summed E-state index contributed by atoms with van der Waals surface area (Å²) < 4.78 is 13.8. The molecule has 2 rings (SSSR count). The Morgan fingerprint density at radius 2 is 2.05 bits per heavy atom. The summed E-state index contributed by atoms with van der Waals surface area (Å²) in [5.74, 6) is -0.399. The number of amides is 1. The highest BCUT2D eigenvalue weighted by Gasteiger charge is 2.22. The van der Waals surface area contributed by atoms with Crippen molar-refractivity contribution in [1.29, 1.82) is 0 Å². The highest BCUT2D eigenvalue weighted by Crippen LogP contribution is 2.33. The molecule has 1 atom stereocenters. The van der Waals surface area contributed by atoms with Gasteiger partial charge in [0.1, 0.15) is 17.3 Å². The Kier molecular flexibility index (Phi) is 4.64. The van der Waals surface area contributed by atoms with Crippen molar-refractivity contribution >= 4 is 22.6 Å². The van der Waals surface area contributed by atoms with E-state index in [1.54, 1.807) is 27.0 Å². The number of aromatic nitrogens is 1. The molecule has 0 saturated heterocycles. The lowest BCUT2D eigenvalue weighted by Crippen LogP contribution is -2.20. The number of aryl methyl sites for hydroxylation is 1. The van der Waals surface area contributed by atoms with E-state index in [0.29, 0.717) is 29.6 Å². The molecule has 22 heavy (non-hydrogen) atoms. The van der Waals surface area contributed by atoms with Crippen LogP contribution in [0, 0.1) is 12.7 Å². The Hall–Kier alpha value is -2.17. The molecule has 1 aromatic carbocycles. The molecular formula is C17H21FN2O2. The van der Waals surface area contributed by atoms with E-state index in [1.165, 1.54) is 6.07 Å². The Bertz CT molecular complexity index is 734. The van der Waals surface area contributed by atoms with Crippen LogP contribution in [0.15, 0.2) is 12.1 Å². The molecule has 0 fully saturated rings. The predicted molar refractivity (Wildman–Crippen MR) is 84.7 cm³/mol. The third-order valence-electron chi connectivity index (χ3n) is 3.99. The van der Waals surface area contributed by atoms with Gasteiger partial charge in [0.25, 0.3) is 5.91 Å². The normalized spacial score (nSPS) is 12.4. The van der Waals surface area contributed by atoms with Crippen LogP contribution < -0.4 is 5.32 Å². The summed E-state index contributed by atoms with van der Waals surface area (Å²) in [6.07, 6.45) is 1.11. The van der Waals surface area contributed by atoms with Gasteiger partial charge in [-0.3, -0.25) is 4.79 Å². The molecule has 118 valence electrons. The van der Waals surface area contributed by atoms with Gasteiger partial charge in [-0.2, -0.15) is 0 Å². The highest BCUT2D eigenvalue weighted by atomic mass is 19.1. The molecule has 0 bridgehead atoms. The second-order valence-electron chi connectivity index (χ2n) is 5.78. The first-order valence-electron chi connectivity index (χ1n) is 7.38. The third kappa shape index (κ3) is 3.03. The fourth-order valence-corrected chi connectivity index (χ4v) is 2.72. The van der Waals surface area contributed by atoms with Gasteiger partial charge in [-0.05, 0) is 49.4 Å². The van der Waals surface area contributed by atoms with E-state index in [2.05, 4.69) is 10.3 Å². The molecular weight excluding hydrogens is 283 g/mol. The molecule has 4 nitrogen and oxygen atoms in total. The lowest BCUT2D eigenvalue weighted by molar-refractivity contribution is -0.117. The van der Waals surface area contributed by atoms with Crippen molar-refractivity contribution in [3.05, 3.63) is 34.8 Å². The second kappa shape index (κ2) is 6.30. The van der Waals surface area contributed by atoms with E-state index in [-0.39, 0.29) is 23.4 Å². The maximum absolute atomic E-state index is 13.8. The van der Waals surface area contributed by atoms with Crippen LogP contribution in [0.25, 0.3) is 10.9 Å². The number of rotatable bonds is 5. The summed E-state index contributed by atoms with van der Waals surface area (Å²) in [5, 5.41) is 3.44. The third-order valence-corrected chi connectivity index (χ3v) is 3.99. The summed E-state index contributed by atoms with van der Waals surface area (Å²) in [7, 11) is 1.56.